The molecule has 0 spiro atoms. The Labute approximate surface area is 88.5 Å². The quantitative estimate of drug-likeness (QED) is 0.707. The molecule has 0 aliphatic heterocycles. The number of halogens is 1. The van der Waals surface area contributed by atoms with Gasteiger partial charge in [0.15, 0.2) is 0 Å². The van der Waals surface area contributed by atoms with Crippen LogP contribution in [0.15, 0.2) is 5.38 Å². The van der Waals surface area contributed by atoms with Crippen molar-refractivity contribution in [1.29, 1.82) is 0 Å². The Morgan fingerprint density at radius 2 is 2.15 bits per heavy atom. The molecule has 0 N–H and O–H groups in total. The number of nitrogens with zero attached hydrogens (tertiary/aromatic N) is 2. The maximum atomic E-state index is 5.68. The Bertz CT molecular complexity index is 246. The number of hydrogen-bond donors (Lipinski definition) is 0. The van der Waals surface area contributed by atoms with Crippen molar-refractivity contribution in [3.8, 4) is 0 Å². The van der Waals surface area contributed by atoms with Gasteiger partial charge in [-0.15, -0.1) is 22.9 Å². The normalized spacial score (nSPS) is 11.1. The smallest absolute Gasteiger partial charge is 0.107 e. The van der Waals surface area contributed by atoms with E-state index < -0.39 is 0 Å². The summed E-state index contributed by atoms with van der Waals surface area (Å²) in [4.78, 5) is 6.75. The predicted molar refractivity (Wildman–Crippen MR) is 58.3 cm³/mol. The molecule has 0 unspecified atom stereocenters. The highest BCUT2D eigenvalue weighted by Gasteiger charge is 2.04. The summed E-state index contributed by atoms with van der Waals surface area (Å²) in [5.74, 6) is 0.523. The Balaban J connectivity index is 2.52. The van der Waals surface area contributed by atoms with Crippen molar-refractivity contribution in [3.05, 3.63) is 16.1 Å². The third kappa shape index (κ3) is 3.25. The molecule has 0 fully saturated rings. The van der Waals surface area contributed by atoms with E-state index in [1.165, 1.54) is 5.01 Å². The zero-order chi connectivity index (χ0) is 9.68. The van der Waals surface area contributed by atoms with Crippen LogP contribution in [0.5, 0.6) is 0 Å². The van der Waals surface area contributed by atoms with E-state index in [0.29, 0.717) is 5.88 Å². The zero-order valence-corrected chi connectivity index (χ0v) is 9.66. The first-order valence-corrected chi connectivity index (χ1v) is 5.93. The molecule has 0 aliphatic rings. The van der Waals surface area contributed by atoms with E-state index in [1.54, 1.807) is 11.3 Å². The van der Waals surface area contributed by atoms with E-state index in [4.69, 9.17) is 11.6 Å². The van der Waals surface area contributed by atoms with Crippen LogP contribution in [-0.2, 0) is 12.4 Å². The number of thiazole rings is 1. The zero-order valence-electron chi connectivity index (χ0n) is 8.09. The molecule has 2 nitrogen and oxygen atoms in total. The second-order valence-corrected chi connectivity index (χ2v) is 4.04. The minimum Gasteiger partial charge on any atom is -0.297 e. The summed E-state index contributed by atoms with van der Waals surface area (Å²) in [7, 11) is 0. The Hall–Kier alpha value is -0.120. The van der Waals surface area contributed by atoms with Crippen LogP contribution in [-0.4, -0.2) is 23.0 Å². The van der Waals surface area contributed by atoms with E-state index in [2.05, 4.69) is 23.7 Å². The van der Waals surface area contributed by atoms with Crippen molar-refractivity contribution >= 4 is 22.9 Å². The van der Waals surface area contributed by atoms with Crippen LogP contribution in [0.2, 0.25) is 0 Å². The predicted octanol–water partition coefficient (Wildman–Crippen LogP) is 2.72. The van der Waals surface area contributed by atoms with Gasteiger partial charge in [-0.3, -0.25) is 4.90 Å². The Morgan fingerprint density at radius 1 is 1.46 bits per heavy atom. The lowest BCUT2D eigenvalue weighted by Crippen LogP contribution is -2.21. The molecule has 0 radical (unpaired) electrons. The van der Waals surface area contributed by atoms with E-state index in [0.717, 1.165) is 25.3 Å². The van der Waals surface area contributed by atoms with Crippen LogP contribution in [0.3, 0.4) is 0 Å². The summed E-state index contributed by atoms with van der Waals surface area (Å²) in [5, 5.41) is 3.20. The first-order valence-electron chi connectivity index (χ1n) is 4.51. The summed E-state index contributed by atoms with van der Waals surface area (Å²) in [5.41, 5.74) is 0.994. The summed E-state index contributed by atoms with van der Waals surface area (Å²) in [6.45, 7) is 7.44. The van der Waals surface area contributed by atoms with Crippen LogP contribution >= 0.6 is 22.9 Å². The van der Waals surface area contributed by atoms with Gasteiger partial charge >= 0.3 is 0 Å². The average molecular weight is 219 g/mol. The summed E-state index contributed by atoms with van der Waals surface area (Å²) >= 11 is 7.37. The first kappa shape index (κ1) is 11.0. The highest BCUT2D eigenvalue weighted by Crippen LogP contribution is 2.13. The van der Waals surface area contributed by atoms with Gasteiger partial charge in [0.05, 0.1) is 18.1 Å². The van der Waals surface area contributed by atoms with Gasteiger partial charge in [0.1, 0.15) is 5.01 Å². The molecule has 0 bridgehead atoms. The highest BCUT2D eigenvalue weighted by molar-refractivity contribution is 7.09. The fraction of sp³-hybridized carbons (Fsp3) is 0.667. The number of aromatic nitrogens is 1. The molecule has 0 saturated heterocycles. The van der Waals surface area contributed by atoms with Gasteiger partial charge in [0, 0.05) is 5.38 Å². The van der Waals surface area contributed by atoms with Gasteiger partial charge in [-0.25, -0.2) is 4.98 Å². The van der Waals surface area contributed by atoms with Crippen LogP contribution < -0.4 is 0 Å². The third-order valence-electron chi connectivity index (χ3n) is 1.99. The minimum absolute atomic E-state index is 0.523. The minimum atomic E-state index is 0.523. The molecule has 1 rings (SSSR count). The fourth-order valence-corrected chi connectivity index (χ4v) is 2.19. The first-order chi connectivity index (χ1) is 6.30. The molecule has 1 heterocycles. The van der Waals surface area contributed by atoms with Crippen LogP contribution in [0, 0.1) is 0 Å². The van der Waals surface area contributed by atoms with E-state index in [9.17, 15) is 0 Å². The molecular formula is C9H15ClN2S. The van der Waals surface area contributed by atoms with Crippen molar-refractivity contribution < 1.29 is 0 Å². The molecule has 0 amide bonds. The second kappa shape index (κ2) is 5.58. The standard InChI is InChI=1S/C9H15ClN2S/c1-3-12(4-2)6-9-11-8(5-10)7-13-9/h7H,3-6H2,1-2H3. The van der Waals surface area contributed by atoms with Gasteiger partial charge < -0.3 is 0 Å². The molecule has 4 heteroatoms. The van der Waals surface area contributed by atoms with Crippen molar-refractivity contribution in [3.63, 3.8) is 0 Å². The van der Waals surface area contributed by atoms with Gasteiger partial charge in [-0.05, 0) is 13.1 Å². The molecule has 13 heavy (non-hydrogen) atoms. The van der Waals surface area contributed by atoms with Crippen molar-refractivity contribution in [1.82, 2.24) is 9.88 Å². The molecule has 0 saturated carbocycles. The van der Waals surface area contributed by atoms with Crippen molar-refractivity contribution in [2.24, 2.45) is 0 Å². The number of hydrogen-bond acceptors (Lipinski definition) is 3. The molecule has 1 aromatic rings. The monoisotopic (exact) mass is 218 g/mol. The number of alkyl halides is 1. The SMILES string of the molecule is CCN(CC)Cc1nc(CCl)cs1. The van der Waals surface area contributed by atoms with Gasteiger partial charge in [-0.2, -0.15) is 0 Å². The van der Waals surface area contributed by atoms with Crippen LogP contribution in [0.4, 0.5) is 0 Å². The highest BCUT2D eigenvalue weighted by atomic mass is 35.5. The molecule has 0 atom stereocenters. The van der Waals surface area contributed by atoms with Crippen molar-refractivity contribution in [2.75, 3.05) is 13.1 Å². The maximum absolute atomic E-state index is 5.68. The number of rotatable bonds is 5. The fourth-order valence-electron chi connectivity index (χ4n) is 1.12. The molecule has 0 aliphatic carbocycles. The van der Waals surface area contributed by atoms with E-state index >= 15 is 0 Å². The molecule has 74 valence electrons. The van der Waals surface area contributed by atoms with Gasteiger partial charge in [-0.1, -0.05) is 13.8 Å². The second-order valence-electron chi connectivity index (χ2n) is 2.83. The van der Waals surface area contributed by atoms with E-state index in [1.807, 2.05) is 5.38 Å². The molecular weight excluding hydrogens is 204 g/mol. The lowest BCUT2D eigenvalue weighted by Gasteiger charge is -2.15. The Kier molecular flexibility index (Phi) is 4.70. The largest absolute Gasteiger partial charge is 0.297 e. The summed E-state index contributed by atoms with van der Waals surface area (Å²) < 4.78 is 0. The van der Waals surface area contributed by atoms with Crippen LogP contribution in [0.1, 0.15) is 24.5 Å². The summed E-state index contributed by atoms with van der Waals surface area (Å²) in [6, 6.07) is 0. The lowest BCUT2D eigenvalue weighted by molar-refractivity contribution is 0.295. The maximum Gasteiger partial charge on any atom is 0.107 e. The lowest BCUT2D eigenvalue weighted by atomic mass is 10.5. The summed E-state index contributed by atoms with van der Waals surface area (Å²) in [6.07, 6.45) is 0. The van der Waals surface area contributed by atoms with Gasteiger partial charge in [0.25, 0.3) is 0 Å². The van der Waals surface area contributed by atoms with E-state index in [-0.39, 0.29) is 0 Å². The Morgan fingerprint density at radius 3 is 2.62 bits per heavy atom. The third-order valence-corrected chi connectivity index (χ3v) is 3.15. The molecule has 0 aromatic carbocycles. The average Bonchev–Trinajstić information content (AvgIpc) is 2.61. The molecule has 1 aromatic heterocycles. The van der Waals surface area contributed by atoms with Crippen molar-refractivity contribution in [2.45, 2.75) is 26.3 Å². The van der Waals surface area contributed by atoms with Gasteiger partial charge in [0.2, 0.25) is 0 Å². The topological polar surface area (TPSA) is 16.1 Å². The van der Waals surface area contributed by atoms with Crippen LogP contribution in [0.25, 0.3) is 0 Å².